The Morgan fingerprint density at radius 1 is 0.381 bits per heavy atom. The molecule has 0 saturated heterocycles. The number of hydrogen-bond acceptors (Lipinski definition) is 12. The molecule has 102 valence electrons. The van der Waals surface area contributed by atoms with Crippen LogP contribution in [0.3, 0.4) is 0 Å². The van der Waals surface area contributed by atoms with Crippen molar-refractivity contribution in [2.24, 2.45) is 0 Å². The van der Waals surface area contributed by atoms with Crippen LogP contribution in [0.15, 0.2) is 0 Å². The van der Waals surface area contributed by atoms with E-state index in [1.54, 1.807) is 0 Å². The number of carbonyl (C=O) groups excluding carboxylic acids is 6. The SMILES string of the molecule is O=C([O-])C(=O)[O-].O=C([O-])C(=O)[O-].O=C([O-])C(=O)[O-].[Li+].[Li+].[Ti+4]. The molecule has 0 bridgehead atoms. The van der Waals surface area contributed by atoms with Crippen LogP contribution >= 0.6 is 0 Å². The molecule has 0 amide bonds. The van der Waals surface area contributed by atoms with Crippen molar-refractivity contribution in [3.05, 3.63) is 0 Å². The third-order valence-corrected chi connectivity index (χ3v) is 0.500. The van der Waals surface area contributed by atoms with Gasteiger partial charge in [0.05, 0.1) is 35.8 Å². The second-order valence-electron chi connectivity index (χ2n) is 1.72. The predicted molar refractivity (Wildman–Crippen MR) is 30.0 cm³/mol. The molecule has 0 saturated carbocycles. The first-order valence-corrected chi connectivity index (χ1v) is 3.20. The van der Waals surface area contributed by atoms with Gasteiger partial charge in [0.1, 0.15) is 0 Å². The van der Waals surface area contributed by atoms with Gasteiger partial charge in [-0.05, 0) is 0 Å². The molecule has 12 nitrogen and oxygen atoms in total. The smallest absolute Gasteiger partial charge is 0.543 e. The fraction of sp³-hybridized carbons (Fsp3) is 0. The van der Waals surface area contributed by atoms with Crippen molar-refractivity contribution in [3.8, 4) is 0 Å². The molecule has 0 atom stereocenters. The second kappa shape index (κ2) is 21.0. The van der Waals surface area contributed by atoms with E-state index in [1.165, 1.54) is 0 Å². The quantitative estimate of drug-likeness (QED) is 0.297. The molecule has 0 fully saturated rings. The monoisotopic (exact) mass is 326 g/mol. The molecule has 0 aromatic heterocycles. The van der Waals surface area contributed by atoms with E-state index in [1.807, 2.05) is 0 Å². The van der Waals surface area contributed by atoms with E-state index in [9.17, 15) is 0 Å². The molecular weight excluding hydrogens is 326 g/mol. The maximum absolute atomic E-state index is 8.93. The van der Waals surface area contributed by atoms with Crippen LogP contribution in [0.2, 0.25) is 0 Å². The first kappa shape index (κ1) is 36.7. The van der Waals surface area contributed by atoms with Crippen molar-refractivity contribution >= 4 is 35.8 Å². The fourth-order valence-electron chi connectivity index (χ4n) is 0. The number of hydrogen-bond donors (Lipinski definition) is 0. The summed E-state index contributed by atoms with van der Waals surface area (Å²) in [6, 6.07) is 0. The van der Waals surface area contributed by atoms with Crippen LogP contribution in [-0.4, -0.2) is 35.8 Å². The van der Waals surface area contributed by atoms with Gasteiger partial charge in [0.2, 0.25) is 0 Å². The first-order valence-electron chi connectivity index (χ1n) is 3.20. The topological polar surface area (TPSA) is 241 Å². The van der Waals surface area contributed by atoms with Crippen molar-refractivity contribution in [2.45, 2.75) is 0 Å². The number of carboxylic acids is 6. The molecule has 21 heavy (non-hydrogen) atoms. The Labute approximate surface area is 154 Å². The number of carboxylic acid groups (broad SMARTS) is 6. The van der Waals surface area contributed by atoms with E-state index >= 15 is 0 Å². The van der Waals surface area contributed by atoms with Crippen molar-refractivity contribution in [3.63, 3.8) is 0 Å². The van der Waals surface area contributed by atoms with Crippen LogP contribution < -0.4 is 68.4 Å². The van der Waals surface area contributed by atoms with Crippen LogP contribution in [0.1, 0.15) is 0 Å². The van der Waals surface area contributed by atoms with E-state index < -0.39 is 35.8 Å². The molecule has 0 heterocycles. The van der Waals surface area contributed by atoms with Gasteiger partial charge in [0, 0.05) is 0 Å². The van der Waals surface area contributed by atoms with Crippen LogP contribution in [0.5, 0.6) is 0 Å². The molecule has 0 aliphatic rings. The van der Waals surface area contributed by atoms with Gasteiger partial charge in [0.25, 0.3) is 0 Å². The van der Waals surface area contributed by atoms with Gasteiger partial charge in [-0.15, -0.1) is 0 Å². The van der Waals surface area contributed by atoms with Gasteiger partial charge in [-0.25, -0.2) is 0 Å². The van der Waals surface area contributed by atoms with Gasteiger partial charge >= 0.3 is 59.4 Å². The second-order valence-corrected chi connectivity index (χ2v) is 1.72. The Balaban J connectivity index is -0.0000000375. The van der Waals surface area contributed by atoms with Crippen molar-refractivity contribution in [1.29, 1.82) is 0 Å². The van der Waals surface area contributed by atoms with Crippen molar-refractivity contribution < 1.29 is 119 Å². The Kier molecular flexibility index (Phi) is 36.8. The van der Waals surface area contributed by atoms with Crippen molar-refractivity contribution in [1.82, 2.24) is 0 Å². The first-order chi connectivity index (χ1) is 7.93. The van der Waals surface area contributed by atoms with Gasteiger partial charge in [-0.2, -0.15) is 0 Å². The Hall–Kier alpha value is -1.27. The summed E-state index contributed by atoms with van der Waals surface area (Å²) in [6.45, 7) is 0. The molecule has 0 aliphatic carbocycles. The van der Waals surface area contributed by atoms with Gasteiger partial charge < -0.3 is 59.4 Å². The third-order valence-electron chi connectivity index (χ3n) is 0.500. The zero-order valence-electron chi connectivity index (χ0n) is 10.4. The standard InChI is InChI=1S/3C2H2O4.2Li.Ti/c3*3-1(4)2(5)6;;;/h3*(H,3,4)(H,5,6);;;/q;;;2*+1;+4/p-6. The van der Waals surface area contributed by atoms with E-state index in [0.717, 1.165) is 0 Å². The van der Waals surface area contributed by atoms with Crippen LogP contribution in [0, 0.1) is 0 Å². The summed E-state index contributed by atoms with van der Waals surface area (Å²) < 4.78 is 0. The van der Waals surface area contributed by atoms with Crippen molar-refractivity contribution in [2.75, 3.05) is 0 Å². The maximum Gasteiger partial charge on any atom is 4.00 e. The summed E-state index contributed by atoms with van der Waals surface area (Å²) in [5.41, 5.74) is 0. The van der Waals surface area contributed by atoms with Crippen LogP contribution in [-0.2, 0) is 50.5 Å². The zero-order chi connectivity index (χ0) is 15.5. The van der Waals surface area contributed by atoms with Gasteiger partial charge in [0.15, 0.2) is 0 Å². The molecule has 0 rings (SSSR count). The minimum atomic E-state index is -2.19. The molecule has 0 aromatic rings. The maximum atomic E-state index is 8.93. The van der Waals surface area contributed by atoms with E-state index in [0.29, 0.717) is 0 Å². The minimum Gasteiger partial charge on any atom is -0.543 e. The molecule has 0 aromatic carbocycles. The molecule has 0 aliphatic heterocycles. The minimum absolute atomic E-state index is 0. The summed E-state index contributed by atoms with van der Waals surface area (Å²) in [5, 5.41) is 53.6. The molecular formula is C6Li2O12Ti. The Morgan fingerprint density at radius 3 is 0.429 bits per heavy atom. The summed E-state index contributed by atoms with van der Waals surface area (Å²) >= 11 is 0. The van der Waals surface area contributed by atoms with E-state index in [4.69, 9.17) is 59.4 Å². The van der Waals surface area contributed by atoms with E-state index in [-0.39, 0.29) is 59.4 Å². The van der Waals surface area contributed by atoms with Crippen LogP contribution in [0.4, 0.5) is 0 Å². The third kappa shape index (κ3) is 45.5. The molecule has 15 heteroatoms. The van der Waals surface area contributed by atoms with E-state index in [2.05, 4.69) is 0 Å². The van der Waals surface area contributed by atoms with Gasteiger partial charge in [-0.3, -0.25) is 0 Å². The number of rotatable bonds is 0. The molecule has 0 spiro atoms. The van der Waals surface area contributed by atoms with Crippen LogP contribution in [0.25, 0.3) is 0 Å². The van der Waals surface area contributed by atoms with Gasteiger partial charge in [-0.1, -0.05) is 0 Å². The Bertz CT molecular complexity index is 287. The molecule has 0 radical (unpaired) electrons. The Morgan fingerprint density at radius 2 is 0.429 bits per heavy atom. The number of carbonyl (C=O) groups is 6. The predicted octanol–water partition coefficient (Wildman–Crippen LogP) is -16.5. The summed E-state index contributed by atoms with van der Waals surface area (Å²) in [6.07, 6.45) is 0. The summed E-state index contributed by atoms with van der Waals surface area (Å²) in [7, 11) is 0. The normalized spacial score (nSPS) is 6.29. The summed E-state index contributed by atoms with van der Waals surface area (Å²) in [5.74, 6) is -13.1. The number of aliphatic carboxylic acids is 6. The zero-order valence-corrected chi connectivity index (χ0v) is 12.0. The average molecular weight is 326 g/mol. The average Bonchev–Trinajstić information content (AvgIpc) is 2.18. The molecule has 0 N–H and O–H groups in total. The fourth-order valence-corrected chi connectivity index (χ4v) is 0. The summed E-state index contributed by atoms with van der Waals surface area (Å²) in [4.78, 5) is 53.6. The molecule has 0 unspecified atom stereocenters. The largest absolute Gasteiger partial charge is 4.00 e.